The van der Waals surface area contributed by atoms with Gasteiger partial charge in [0, 0.05) is 37.6 Å². The Bertz CT molecular complexity index is 1520. The predicted molar refractivity (Wildman–Crippen MR) is 139 cm³/mol. The molecule has 1 atom stereocenters. The Labute approximate surface area is 215 Å². The number of nitrogens with zero attached hydrogens (tertiary/aromatic N) is 5. The monoisotopic (exact) mass is 517 g/mol. The average Bonchev–Trinajstić information content (AvgIpc) is 3.50. The summed E-state index contributed by atoms with van der Waals surface area (Å²) < 4.78 is 1.77. The van der Waals surface area contributed by atoms with Crippen LogP contribution in [0.15, 0.2) is 54.9 Å². The standard InChI is InChI=1S/C25H23N7O4S/c33-22(27-16-7-4-11-30(14-16)25(35)36)21-20-19-17(8-10-26-23(19)37-21)32(24(34)28-20)18-9-12-31(29-18)13-15-5-2-1-3-6-15/h1-3,5-6,8-10,12,16H,4,7,11,13-14H2,(H,27,33)(H,28,34)(H,35,36). The maximum Gasteiger partial charge on any atom is 0.407 e. The molecule has 3 N–H and O–H groups in total. The molecule has 0 spiro atoms. The van der Waals surface area contributed by atoms with Gasteiger partial charge in [-0.3, -0.25) is 9.48 Å². The largest absolute Gasteiger partial charge is 0.465 e. The number of pyridine rings is 1. The lowest BCUT2D eigenvalue weighted by Crippen LogP contribution is -2.49. The molecule has 3 aromatic heterocycles. The van der Waals surface area contributed by atoms with Crippen LogP contribution in [0.4, 0.5) is 26.8 Å². The second-order valence-electron chi connectivity index (χ2n) is 8.98. The van der Waals surface area contributed by atoms with E-state index in [4.69, 9.17) is 0 Å². The molecule has 1 saturated heterocycles. The number of urea groups is 1. The van der Waals surface area contributed by atoms with Crippen molar-refractivity contribution in [3.05, 3.63) is 65.3 Å². The topological polar surface area (TPSA) is 133 Å². The molecule has 1 unspecified atom stereocenters. The number of carbonyl (C=O) groups is 3. The minimum absolute atomic E-state index is 0.233. The van der Waals surface area contributed by atoms with Crippen molar-refractivity contribution in [3.63, 3.8) is 0 Å². The predicted octanol–water partition coefficient (Wildman–Crippen LogP) is 4.10. The number of amides is 4. The van der Waals surface area contributed by atoms with Crippen LogP contribution in [0.5, 0.6) is 0 Å². The van der Waals surface area contributed by atoms with E-state index in [1.165, 1.54) is 21.1 Å². The van der Waals surface area contributed by atoms with Crippen molar-refractivity contribution in [3.8, 4) is 0 Å². The van der Waals surface area contributed by atoms with Gasteiger partial charge in [-0.05, 0) is 24.5 Å². The molecule has 0 aliphatic carbocycles. The van der Waals surface area contributed by atoms with Gasteiger partial charge in [0.05, 0.1) is 23.3 Å². The van der Waals surface area contributed by atoms with Crippen molar-refractivity contribution in [2.75, 3.05) is 23.3 Å². The number of anilines is 3. The van der Waals surface area contributed by atoms with Crippen molar-refractivity contribution in [2.24, 2.45) is 0 Å². The van der Waals surface area contributed by atoms with Crippen LogP contribution in [0.25, 0.3) is 10.2 Å². The van der Waals surface area contributed by atoms with Crippen LogP contribution >= 0.6 is 11.3 Å². The number of aromatic nitrogens is 3. The molecule has 6 rings (SSSR count). The number of likely N-dealkylation sites (tertiary alicyclic amines) is 1. The third-order valence-corrected chi connectivity index (χ3v) is 7.62. The Morgan fingerprint density at radius 1 is 1.19 bits per heavy atom. The van der Waals surface area contributed by atoms with Crippen LogP contribution in [-0.4, -0.2) is 61.9 Å². The number of piperidine rings is 1. The first kappa shape index (κ1) is 23.0. The molecule has 0 saturated carbocycles. The molecule has 11 nitrogen and oxygen atoms in total. The van der Waals surface area contributed by atoms with Gasteiger partial charge < -0.3 is 20.6 Å². The van der Waals surface area contributed by atoms with Crippen molar-refractivity contribution < 1.29 is 19.5 Å². The summed E-state index contributed by atoms with van der Waals surface area (Å²) in [5.74, 6) is 0.0989. The Morgan fingerprint density at radius 3 is 2.84 bits per heavy atom. The van der Waals surface area contributed by atoms with E-state index >= 15 is 0 Å². The molecule has 1 fully saturated rings. The lowest BCUT2D eigenvalue weighted by atomic mass is 10.1. The summed E-state index contributed by atoms with van der Waals surface area (Å²) in [7, 11) is 0. The molecule has 2 aliphatic heterocycles. The normalized spacial score (nSPS) is 17.1. The van der Waals surface area contributed by atoms with Gasteiger partial charge in [0.25, 0.3) is 5.91 Å². The first-order chi connectivity index (χ1) is 18.0. The van der Waals surface area contributed by atoms with E-state index in [1.54, 1.807) is 23.0 Å². The fourth-order valence-electron chi connectivity index (χ4n) is 4.82. The summed E-state index contributed by atoms with van der Waals surface area (Å²) in [6.45, 7) is 1.25. The van der Waals surface area contributed by atoms with E-state index in [0.29, 0.717) is 58.2 Å². The Morgan fingerprint density at radius 2 is 2.03 bits per heavy atom. The van der Waals surface area contributed by atoms with Gasteiger partial charge in [-0.15, -0.1) is 11.3 Å². The molecule has 2 aliphatic rings. The maximum atomic E-state index is 13.3. The van der Waals surface area contributed by atoms with Crippen LogP contribution in [-0.2, 0) is 6.54 Å². The molecule has 37 heavy (non-hydrogen) atoms. The first-order valence-electron chi connectivity index (χ1n) is 11.9. The van der Waals surface area contributed by atoms with Crippen LogP contribution in [0.1, 0.15) is 28.1 Å². The van der Waals surface area contributed by atoms with E-state index in [-0.39, 0.29) is 18.5 Å². The summed E-state index contributed by atoms with van der Waals surface area (Å²) in [5, 5.41) is 20.4. The number of carbonyl (C=O) groups excluding carboxylic acids is 2. The van der Waals surface area contributed by atoms with Gasteiger partial charge >= 0.3 is 12.1 Å². The number of nitrogens with one attached hydrogen (secondary N) is 2. The van der Waals surface area contributed by atoms with Gasteiger partial charge in [-0.2, -0.15) is 5.10 Å². The zero-order chi connectivity index (χ0) is 25.5. The second-order valence-corrected chi connectivity index (χ2v) is 9.98. The van der Waals surface area contributed by atoms with E-state index < -0.39 is 12.1 Å². The minimum Gasteiger partial charge on any atom is -0.465 e. The summed E-state index contributed by atoms with van der Waals surface area (Å²) in [6, 6.07) is 12.7. The molecule has 4 aromatic rings. The lowest BCUT2D eigenvalue weighted by Gasteiger charge is -2.31. The molecule has 188 valence electrons. The first-order valence-corrected chi connectivity index (χ1v) is 12.7. The van der Waals surface area contributed by atoms with Crippen molar-refractivity contribution in [1.82, 2.24) is 25.0 Å². The Balaban J connectivity index is 1.29. The second kappa shape index (κ2) is 9.21. The van der Waals surface area contributed by atoms with Crippen molar-refractivity contribution in [2.45, 2.75) is 25.4 Å². The summed E-state index contributed by atoms with van der Waals surface area (Å²) >= 11 is 1.19. The summed E-state index contributed by atoms with van der Waals surface area (Å²) in [4.78, 5) is 46.0. The van der Waals surface area contributed by atoms with Gasteiger partial charge in [0.1, 0.15) is 9.71 Å². The molecule has 0 radical (unpaired) electrons. The third-order valence-electron chi connectivity index (χ3n) is 6.52. The molecule has 5 heterocycles. The quantitative estimate of drug-likeness (QED) is 0.365. The zero-order valence-electron chi connectivity index (χ0n) is 19.6. The number of rotatable bonds is 5. The van der Waals surface area contributed by atoms with Crippen LogP contribution in [0.3, 0.4) is 0 Å². The number of thiophene rings is 1. The Hall–Kier alpha value is -4.45. The van der Waals surface area contributed by atoms with Gasteiger partial charge in [-0.1, -0.05) is 30.3 Å². The van der Waals surface area contributed by atoms with Crippen molar-refractivity contribution >= 4 is 56.8 Å². The van der Waals surface area contributed by atoms with E-state index in [0.717, 1.165) is 5.56 Å². The fraction of sp³-hybridized carbons (Fsp3) is 0.240. The third kappa shape index (κ3) is 4.25. The fourth-order valence-corrected chi connectivity index (χ4v) is 5.84. The number of benzene rings is 1. The van der Waals surface area contributed by atoms with E-state index in [9.17, 15) is 19.5 Å². The lowest BCUT2D eigenvalue weighted by molar-refractivity contribution is 0.0893. The zero-order valence-corrected chi connectivity index (χ0v) is 20.4. The highest BCUT2D eigenvalue weighted by Crippen LogP contribution is 2.45. The van der Waals surface area contributed by atoms with Crippen LogP contribution < -0.4 is 15.5 Å². The summed E-state index contributed by atoms with van der Waals surface area (Å²) in [6.07, 6.45) is 3.79. The number of carboxylic acid groups (broad SMARTS) is 1. The minimum atomic E-state index is -0.997. The SMILES string of the molecule is O=C(NC1CCCN(C(=O)O)C1)c1sc2nccc3c2c1NC(=O)N3c1ccn(Cc2ccccc2)n1. The number of hydrogen-bond acceptors (Lipinski definition) is 6. The highest BCUT2D eigenvalue weighted by molar-refractivity contribution is 7.21. The van der Waals surface area contributed by atoms with E-state index in [1.807, 2.05) is 36.5 Å². The maximum absolute atomic E-state index is 13.3. The molecule has 4 amide bonds. The highest BCUT2D eigenvalue weighted by Gasteiger charge is 2.34. The van der Waals surface area contributed by atoms with Gasteiger partial charge in [-0.25, -0.2) is 19.5 Å². The van der Waals surface area contributed by atoms with Gasteiger partial charge in [0.2, 0.25) is 0 Å². The van der Waals surface area contributed by atoms with Crippen LogP contribution in [0, 0.1) is 0 Å². The molecule has 1 aromatic carbocycles. The highest BCUT2D eigenvalue weighted by atomic mass is 32.1. The molecule has 0 bridgehead atoms. The Kier molecular flexibility index (Phi) is 5.72. The molecular formula is C25H23N7O4S. The van der Waals surface area contributed by atoms with E-state index in [2.05, 4.69) is 20.7 Å². The smallest absolute Gasteiger partial charge is 0.407 e. The molecular weight excluding hydrogens is 494 g/mol. The average molecular weight is 518 g/mol. The van der Waals surface area contributed by atoms with Gasteiger partial charge in [0.15, 0.2) is 5.82 Å². The van der Waals surface area contributed by atoms with Crippen LogP contribution in [0.2, 0.25) is 0 Å². The van der Waals surface area contributed by atoms with Crippen molar-refractivity contribution in [1.29, 1.82) is 0 Å². The summed E-state index contributed by atoms with van der Waals surface area (Å²) in [5.41, 5.74) is 2.10. The number of hydrogen-bond donors (Lipinski definition) is 3. The molecule has 12 heteroatoms.